The summed E-state index contributed by atoms with van der Waals surface area (Å²) in [6, 6.07) is 0. The van der Waals surface area contributed by atoms with Gasteiger partial charge in [-0.25, -0.2) is 0 Å². The summed E-state index contributed by atoms with van der Waals surface area (Å²) in [6.45, 7) is 0. The second kappa shape index (κ2) is 5.35. The SMILES string of the molecule is C1=CC2=CC3=CC=C(C=C4C=CC(=C4)C=C4C=CC(=CC1=C2)C4)C3. The van der Waals surface area contributed by atoms with E-state index in [2.05, 4.69) is 85.1 Å². The summed E-state index contributed by atoms with van der Waals surface area (Å²) in [5.74, 6) is 0. The van der Waals surface area contributed by atoms with Gasteiger partial charge in [-0.05, 0) is 69.6 Å². The molecule has 0 unspecified atom stereocenters. The van der Waals surface area contributed by atoms with Crippen LogP contribution in [0.15, 0.2) is 130 Å². The molecule has 0 nitrogen and oxygen atoms in total. The van der Waals surface area contributed by atoms with E-state index in [1.807, 2.05) is 0 Å². The van der Waals surface area contributed by atoms with Gasteiger partial charge in [0.05, 0.1) is 0 Å². The number of fused-ring (bicyclic) bond motifs is 6. The van der Waals surface area contributed by atoms with Crippen LogP contribution in [0.2, 0.25) is 0 Å². The summed E-state index contributed by atoms with van der Waals surface area (Å²) in [7, 11) is 0. The molecule has 0 aromatic rings. The van der Waals surface area contributed by atoms with Gasteiger partial charge in [0.1, 0.15) is 0 Å². The van der Waals surface area contributed by atoms with E-state index in [-0.39, 0.29) is 0 Å². The van der Waals surface area contributed by atoms with Gasteiger partial charge in [-0.15, -0.1) is 0 Å². The van der Waals surface area contributed by atoms with Gasteiger partial charge in [0.15, 0.2) is 0 Å². The van der Waals surface area contributed by atoms with Crippen molar-refractivity contribution in [2.75, 3.05) is 0 Å². The molecule has 5 aliphatic rings. The van der Waals surface area contributed by atoms with Crippen molar-refractivity contribution in [1.29, 1.82) is 0 Å². The average Bonchev–Trinajstić information content (AvgIpc) is 3.32. The molecule has 0 aliphatic heterocycles. The van der Waals surface area contributed by atoms with Crippen LogP contribution in [0, 0.1) is 0 Å². The molecule has 0 N–H and O–H groups in total. The Hall–Kier alpha value is -2.86. The third kappa shape index (κ3) is 2.61. The first-order valence-electron chi connectivity index (χ1n) is 8.52. The fourth-order valence-electron chi connectivity index (χ4n) is 3.71. The van der Waals surface area contributed by atoms with Crippen molar-refractivity contribution >= 4 is 0 Å². The van der Waals surface area contributed by atoms with Crippen LogP contribution < -0.4 is 0 Å². The standard InChI is InChI=1S/C24H18/c1-2-18-9-17(1)13-19-3-4-21(10-19)15-23-7-8-24(12-23)16-22-6-5-20(11-22)14-18/h1-9,12-16H,10-11H2. The maximum Gasteiger partial charge on any atom is -0.00253 e. The Labute approximate surface area is 143 Å². The Morgan fingerprint density at radius 1 is 0.375 bits per heavy atom. The van der Waals surface area contributed by atoms with Crippen molar-refractivity contribution in [3.63, 3.8) is 0 Å². The average molecular weight is 306 g/mol. The zero-order valence-electron chi connectivity index (χ0n) is 13.5. The van der Waals surface area contributed by atoms with Crippen LogP contribution in [-0.4, -0.2) is 0 Å². The maximum absolute atomic E-state index is 2.30. The topological polar surface area (TPSA) is 0 Å². The van der Waals surface area contributed by atoms with E-state index in [0.29, 0.717) is 0 Å². The van der Waals surface area contributed by atoms with Crippen LogP contribution >= 0.6 is 0 Å². The minimum Gasteiger partial charge on any atom is -0.0584 e. The molecule has 5 rings (SSSR count). The Morgan fingerprint density at radius 3 is 1.29 bits per heavy atom. The minimum atomic E-state index is 1.02. The molecule has 0 heteroatoms. The lowest BCUT2D eigenvalue weighted by Gasteiger charge is -2.00. The van der Waals surface area contributed by atoms with Gasteiger partial charge in [-0.1, -0.05) is 72.9 Å². The molecule has 0 amide bonds. The number of allylic oxidation sites excluding steroid dienone is 22. The highest BCUT2D eigenvalue weighted by Crippen LogP contribution is 2.31. The van der Waals surface area contributed by atoms with E-state index in [4.69, 9.17) is 0 Å². The summed E-state index contributed by atoms with van der Waals surface area (Å²) in [4.78, 5) is 0. The smallest absolute Gasteiger partial charge is 0.00253 e. The van der Waals surface area contributed by atoms with E-state index in [1.54, 1.807) is 0 Å². The van der Waals surface area contributed by atoms with Gasteiger partial charge >= 0.3 is 0 Å². The minimum absolute atomic E-state index is 1.02. The number of rotatable bonds is 0. The Kier molecular flexibility index (Phi) is 3.02. The lowest BCUT2D eigenvalue weighted by molar-refractivity contribution is 1.24. The van der Waals surface area contributed by atoms with Crippen LogP contribution in [0.25, 0.3) is 0 Å². The lowest BCUT2D eigenvalue weighted by atomic mass is 10.1. The van der Waals surface area contributed by atoms with Crippen LogP contribution in [0.5, 0.6) is 0 Å². The normalized spacial score (nSPS) is 23.3. The molecule has 0 heterocycles. The molecule has 8 bridgehead atoms. The zero-order valence-corrected chi connectivity index (χ0v) is 13.5. The van der Waals surface area contributed by atoms with Gasteiger partial charge in [-0.3, -0.25) is 0 Å². The molecular formula is C24H18. The Bertz CT molecular complexity index is 889. The van der Waals surface area contributed by atoms with Crippen LogP contribution in [-0.2, 0) is 0 Å². The molecule has 0 fully saturated rings. The molecule has 0 radical (unpaired) electrons. The van der Waals surface area contributed by atoms with Crippen molar-refractivity contribution < 1.29 is 0 Å². The van der Waals surface area contributed by atoms with E-state index < -0.39 is 0 Å². The lowest BCUT2D eigenvalue weighted by Crippen LogP contribution is -1.81. The highest BCUT2D eigenvalue weighted by molar-refractivity contribution is 5.60. The number of hydrogen-bond donors (Lipinski definition) is 0. The van der Waals surface area contributed by atoms with Gasteiger partial charge in [0.25, 0.3) is 0 Å². The quantitative estimate of drug-likeness (QED) is 0.521. The number of hydrogen-bond acceptors (Lipinski definition) is 0. The third-order valence-electron chi connectivity index (χ3n) is 4.85. The molecular weight excluding hydrogens is 288 g/mol. The van der Waals surface area contributed by atoms with Crippen molar-refractivity contribution in [1.82, 2.24) is 0 Å². The van der Waals surface area contributed by atoms with E-state index in [1.165, 1.54) is 44.6 Å². The first-order chi connectivity index (χ1) is 11.8. The molecule has 114 valence electrons. The summed E-state index contributed by atoms with van der Waals surface area (Å²) in [6.07, 6.45) is 33.6. The van der Waals surface area contributed by atoms with Crippen LogP contribution in [0.4, 0.5) is 0 Å². The summed E-state index contributed by atoms with van der Waals surface area (Å²) in [5, 5.41) is 0. The monoisotopic (exact) mass is 306 g/mol. The van der Waals surface area contributed by atoms with Crippen molar-refractivity contribution in [2.45, 2.75) is 12.8 Å². The molecule has 0 atom stereocenters. The van der Waals surface area contributed by atoms with Crippen molar-refractivity contribution in [3.8, 4) is 0 Å². The zero-order chi connectivity index (χ0) is 15.9. The van der Waals surface area contributed by atoms with Crippen LogP contribution in [0.3, 0.4) is 0 Å². The predicted molar refractivity (Wildman–Crippen MR) is 101 cm³/mol. The summed E-state index contributed by atoms with van der Waals surface area (Å²) < 4.78 is 0. The van der Waals surface area contributed by atoms with Crippen molar-refractivity contribution in [3.05, 3.63) is 130 Å². The molecule has 0 aromatic carbocycles. The molecule has 5 aliphatic carbocycles. The molecule has 0 spiro atoms. The highest BCUT2D eigenvalue weighted by Gasteiger charge is 2.12. The molecule has 0 aromatic heterocycles. The summed E-state index contributed by atoms with van der Waals surface area (Å²) >= 11 is 0. The first-order valence-corrected chi connectivity index (χ1v) is 8.52. The Balaban J connectivity index is 1.58. The highest BCUT2D eigenvalue weighted by atomic mass is 14.2. The molecule has 24 heavy (non-hydrogen) atoms. The fraction of sp³-hybridized carbons (Fsp3) is 0.0833. The molecule has 0 saturated carbocycles. The fourth-order valence-corrected chi connectivity index (χ4v) is 3.71. The summed E-state index contributed by atoms with van der Waals surface area (Å²) in [5.41, 5.74) is 10.7. The van der Waals surface area contributed by atoms with Gasteiger partial charge in [0.2, 0.25) is 0 Å². The Morgan fingerprint density at radius 2 is 0.792 bits per heavy atom. The van der Waals surface area contributed by atoms with E-state index in [9.17, 15) is 0 Å². The van der Waals surface area contributed by atoms with Gasteiger partial charge in [0, 0.05) is 0 Å². The first kappa shape index (κ1) is 13.6. The van der Waals surface area contributed by atoms with E-state index in [0.717, 1.165) is 12.8 Å². The van der Waals surface area contributed by atoms with Gasteiger partial charge in [-0.2, -0.15) is 0 Å². The van der Waals surface area contributed by atoms with Crippen LogP contribution in [0.1, 0.15) is 12.8 Å². The molecule has 0 saturated heterocycles. The maximum atomic E-state index is 2.30. The van der Waals surface area contributed by atoms with Gasteiger partial charge < -0.3 is 0 Å². The third-order valence-corrected chi connectivity index (χ3v) is 4.85. The van der Waals surface area contributed by atoms with E-state index >= 15 is 0 Å². The second-order valence-electron chi connectivity index (χ2n) is 6.85. The predicted octanol–water partition coefficient (Wildman–Crippen LogP) is 5.91. The van der Waals surface area contributed by atoms with Crippen molar-refractivity contribution in [2.24, 2.45) is 0 Å². The second-order valence-corrected chi connectivity index (χ2v) is 6.85. The largest absolute Gasteiger partial charge is 0.0584 e.